The lowest BCUT2D eigenvalue weighted by Crippen LogP contribution is -2.44. The van der Waals surface area contributed by atoms with Crippen LogP contribution >= 0.6 is 12.4 Å². The van der Waals surface area contributed by atoms with E-state index in [0.29, 0.717) is 24.3 Å². The van der Waals surface area contributed by atoms with Crippen LogP contribution in [0.1, 0.15) is 34.7 Å². The Morgan fingerprint density at radius 2 is 1.92 bits per heavy atom. The van der Waals surface area contributed by atoms with Crippen LogP contribution in [0.3, 0.4) is 0 Å². The molecular formula is C17H21ClFN3O4. The second-order valence-electron chi connectivity index (χ2n) is 6.39. The van der Waals surface area contributed by atoms with Gasteiger partial charge in [-0.05, 0) is 24.8 Å². The molecule has 1 aliphatic heterocycles. The number of H-pyrrole nitrogens is 1. The minimum Gasteiger partial charge on any atom is -0.477 e. The molecule has 7 nitrogen and oxygen atoms in total. The fourth-order valence-corrected chi connectivity index (χ4v) is 3.49. The van der Waals surface area contributed by atoms with Crippen LogP contribution in [0.2, 0.25) is 0 Å². The Labute approximate surface area is 154 Å². The van der Waals surface area contributed by atoms with Gasteiger partial charge in [0.1, 0.15) is 11.4 Å². The van der Waals surface area contributed by atoms with E-state index in [9.17, 15) is 14.0 Å². The SMILES string of the molecule is Cl.O.O=C(O)c1c[nH]c2c(C3CC3)c(N3CCNCC3)c(F)cc2c1=O. The lowest BCUT2D eigenvalue weighted by molar-refractivity contribution is 0.0695. The van der Waals surface area contributed by atoms with E-state index in [1.54, 1.807) is 0 Å². The molecule has 4 rings (SSSR count). The number of rotatable bonds is 3. The number of aromatic amines is 1. The van der Waals surface area contributed by atoms with Crippen LogP contribution in [0, 0.1) is 5.82 Å². The Morgan fingerprint density at radius 3 is 2.50 bits per heavy atom. The van der Waals surface area contributed by atoms with Crippen molar-refractivity contribution in [2.45, 2.75) is 18.8 Å². The smallest absolute Gasteiger partial charge is 0.341 e. The lowest BCUT2D eigenvalue weighted by Gasteiger charge is -2.32. The van der Waals surface area contributed by atoms with Crippen molar-refractivity contribution in [1.82, 2.24) is 10.3 Å². The molecule has 5 N–H and O–H groups in total. The normalized spacial score (nSPS) is 16.7. The number of carboxylic acid groups (broad SMARTS) is 1. The molecule has 0 spiro atoms. The van der Waals surface area contributed by atoms with Gasteiger partial charge in [-0.2, -0.15) is 0 Å². The van der Waals surface area contributed by atoms with Crippen LogP contribution < -0.4 is 15.6 Å². The molecule has 1 aromatic carbocycles. The number of nitrogens with zero attached hydrogens (tertiary/aromatic N) is 1. The first-order chi connectivity index (χ1) is 11.6. The standard InChI is InChI=1S/C17H18FN3O3.ClH.H2O/c18-12-7-10-14(20-8-11(16(10)22)17(23)24)13(9-1-2-9)15(12)21-5-3-19-4-6-21;;/h7-9,19H,1-6H2,(H,20,22)(H,23,24);1H;1H2. The summed E-state index contributed by atoms with van der Waals surface area (Å²) in [7, 11) is 0. The summed E-state index contributed by atoms with van der Waals surface area (Å²) in [6.45, 7) is 2.99. The van der Waals surface area contributed by atoms with Gasteiger partial charge < -0.3 is 25.8 Å². The number of carbonyl (C=O) groups is 1. The number of aromatic carboxylic acids is 1. The largest absolute Gasteiger partial charge is 0.477 e. The van der Waals surface area contributed by atoms with Crippen molar-refractivity contribution in [3.63, 3.8) is 0 Å². The van der Waals surface area contributed by atoms with E-state index < -0.39 is 17.2 Å². The van der Waals surface area contributed by atoms with E-state index in [-0.39, 0.29) is 34.8 Å². The molecule has 142 valence electrons. The van der Waals surface area contributed by atoms with Gasteiger partial charge in [-0.1, -0.05) is 0 Å². The van der Waals surface area contributed by atoms with Gasteiger partial charge in [0.05, 0.1) is 11.2 Å². The van der Waals surface area contributed by atoms with Gasteiger partial charge in [0.15, 0.2) is 0 Å². The van der Waals surface area contributed by atoms with Gasteiger partial charge in [-0.25, -0.2) is 9.18 Å². The summed E-state index contributed by atoms with van der Waals surface area (Å²) < 4.78 is 14.9. The number of benzene rings is 1. The highest BCUT2D eigenvalue weighted by Gasteiger charge is 2.33. The number of hydrogen-bond donors (Lipinski definition) is 3. The minimum atomic E-state index is -1.31. The van der Waals surface area contributed by atoms with E-state index >= 15 is 0 Å². The molecule has 2 aromatic rings. The number of fused-ring (bicyclic) bond motifs is 1. The Morgan fingerprint density at radius 1 is 1.27 bits per heavy atom. The predicted octanol–water partition coefficient (Wildman–Crippen LogP) is 1.25. The third-order valence-corrected chi connectivity index (χ3v) is 4.79. The van der Waals surface area contributed by atoms with Gasteiger partial charge in [0.25, 0.3) is 0 Å². The number of piperazine rings is 1. The van der Waals surface area contributed by atoms with Crippen molar-refractivity contribution in [3.8, 4) is 0 Å². The number of nitrogens with one attached hydrogen (secondary N) is 2. The highest BCUT2D eigenvalue weighted by Crippen LogP contribution is 2.47. The Bertz CT molecular complexity index is 892. The van der Waals surface area contributed by atoms with E-state index in [1.807, 2.05) is 4.90 Å². The minimum absolute atomic E-state index is 0. The molecule has 1 aromatic heterocycles. The quantitative estimate of drug-likeness (QED) is 0.735. The summed E-state index contributed by atoms with van der Waals surface area (Å²) in [5, 5.41) is 12.5. The average Bonchev–Trinajstić information content (AvgIpc) is 3.40. The fraction of sp³-hybridized carbons (Fsp3) is 0.412. The number of halogens is 2. The molecule has 0 amide bonds. The maximum atomic E-state index is 14.9. The maximum Gasteiger partial charge on any atom is 0.341 e. The first-order valence-corrected chi connectivity index (χ1v) is 8.14. The van der Waals surface area contributed by atoms with Crippen LogP contribution in [0.5, 0.6) is 0 Å². The van der Waals surface area contributed by atoms with Crippen LogP contribution in [0.15, 0.2) is 17.1 Å². The van der Waals surface area contributed by atoms with Gasteiger partial charge in [0.2, 0.25) is 5.43 Å². The van der Waals surface area contributed by atoms with Gasteiger partial charge >= 0.3 is 5.97 Å². The van der Waals surface area contributed by atoms with E-state index in [2.05, 4.69) is 10.3 Å². The summed E-state index contributed by atoms with van der Waals surface area (Å²) in [4.78, 5) is 28.5. The zero-order chi connectivity index (χ0) is 16.8. The summed E-state index contributed by atoms with van der Waals surface area (Å²) in [5.41, 5.74) is 0.955. The molecule has 9 heteroatoms. The monoisotopic (exact) mass is 385 g/mol. The molecule has 0 bridgehead atoms. The molecule has 0 radical (unpaired) electrons. The van der Waals surface area contributed by atoms with Gasteiger partial charge in [0, 0.05) is 43.3 Å². The Hall–Kier alpha value is -2.16. The van der Waals surface area contributed by atoms with Crippen LogP contribution in [-0.2, 0) is 0 Å². The zero-order valence-corrected chi connectivity index (χ0v) is 14.8. The number of carboxylic acids is 1. The summed E-state index contributed by atoms with van der Waals surface area (Å²) in [6, 6.07) is 1.18. The molecule has 2 heterocycles. The third-order valence-electron chi connectivity index (χ3n) is 4.79. The van der Waals surface area contributed by atoms with Crippen molar-refractivity contribution in [3.05, 3.63) is 39.4 Å². The van der Waals surface area contributed by atoms with Crippen molar-refractivity contribution in [1.29, 1.82) is 0 Å². The van der Waals surface area contributed by atoms with Crippen LogP contribution in [0.25, 0.3) is 10.9 Å². The number of hydrogen-bond acceptors (Lipinski definition) is 4. The lowest BCUT2D eigenvalue weighted by atomic mass is 10.00. The molecule has 1 saturated carbocycles. The first-order valence-electron chi connectivity index (χ1n) is 8.14. The first kappa shape index (κ1) is 20.2. The van der Waals surface area contributed by atoms with Gasteiger partial charge in [-0.3, -0.25) is 4.79 Å². The topological polar surface area (TPSA) is 117 Å². The van der Waals surface area contributed by atoms with E-state index in [0.717, 1.165) is 31.5 Å². The van der Waals surface area contributed by atoms with Gasteiger partial charge in [-0.15, -0.1) is 12.4 Å². The van der Waals surface area contributed by atoms with Crippen molar-refractivity contribution in [2.24, 2.45) is 0 Å². The zero-order valence-electron chi connectivity index (χ0n) is 14.0. The molecule has 0 unspecified atom stereocenters. The van der Waals surface area contributed by atoms with E-state index in [1.165, 1.54) is 12.3 Å². The van der Waals surface area contributed by atoms with Crippen LogP contribution in [-0.4, -0.2) is 47.7 Å². The predicted molar refractivity (Wildman–Crippen MR) is 99.4 cm³/mol. The summed E-state index contributed by atoms with van der Waals surface area (Å²) >= 11 is 0. The second-order valence-corrected chi connectivity index (χ2v) is 6.39. The fourth-order valence-electron chi connectivity index (χ4n) is 3.49. The van der Waals surface area contributed by atoms with Crippen molar-refractivity contribution in [2.75, 3.05) is 31.1 Å². The molecule has 1 aliphatic carbocycles. The molecular weight excluding hydrogens is 365 g/mol. The summed E-state index contributed by atoms with van der Waals surface area (Å²) in [6.07, 6.45) is 3.14. The number of pyridine rings is 1. The number of aromatic nitrogens is 1. The Kier molecular flexibility index (Phi) is 5.90. The highest BCUT2D eigenvalue weighted by molar-refractivity contribution is 5.95. The second kappa shape index (κ2) is 7.61. The highest BCUT2D eigenvalue weighted by atomic mass is 35.5. The molecule has 26 heavy (non-hydrogen) atoms. The van der Waals surface area contributed by atoms with Crippen molar-refractivity contribution >= 4 is 35.0 Å². The molecule has 0 atom stereocenters. The maximum absolute atomic E-state index is 14.9. The van der Waals surface area contributed by atoms with Crippen molar-refractivity contribution < 1.29 is 19.8 Å². The molecule has 2 aliphatic rings. The molecule has 1 saturated heterocycles. The number of anilines is 1. The van der Waals surface area contributed by atoms with Crippen LogP contribution in [0.4, 0.5) is 10.1 Å². The third kappa shape index (κ3) is 3.27. The molecule has 2 fully saturated rings. The Balaban J connectivity index is 0.00000121. The van der Waals surface area contributed by atoms with E-state index in [4.69, 9.17) is 5.11 Å². The summed E-state index contributed by atoms with van der Waals surface area (Å²) in [5.74, 6) is -1.53. The average molecular weight is 386 g/mol.